The van der Waals surface area contributed by atoms with Crippen LogP contribution in [0.4, 0.5) is 14.9 Å². The van der Waals surface area contributed by atoms with E-state index in [1.54, 1.807) is 0 Å². The SMILES string of the molecule is O=C(CNc1ccc(F)cc1)N1CCNC1=O. The predicted molar refractivity (Wildman–Crippen MR) is 60.0 cm³/mol. The van der Waals surface area contributed by atoms with E-state index in [-0.39, 0.29) is 24.3 Å². The Morgan fingerprint density at radius 1 is 1.41 bits per heavy atom. The Balaban J connectivity index is 1.87. The molecule has 1 aromatic rings. The molecular formula is C11H12FN3O2. The molecule has 1 heterocycles. The lowest BCUT2D eigenvalue weighted by atomic mass is 10.3. The summed E-state index contributed by atoms with van der Waals surface area (Å²) in [5.74, 6) is -0.634. The van der Waals surface area contributed by atoms with Crippen LogP contribution in [0.3, 0.4) is 0 Å². The van der Waals surface area contributed by atoms with Crippen molar-refractivity contribution in [3.05, 3.63) is 30.1 Å². The van der Waals surface area contributed by atoms with Crippen molar-refractivity contribution >= 4 is 17.6 Å². The standard InChI is InChI=1S/C11H12FN3O2/c12-8-1-3-9(4-2-8)14-7-10(16)15-6-5-13-11(15)17/h1-4,14H,5-7H2,(H,13,17). The van der Waals surface area contributed by atoms with Crippen LogP contribution in [0.5, 0.6) is 0 Å². The molecule has 17 heavy (non-hydrogen) atoms. The summed E-state index contributed by atoms with van der Waals surface area (Å²) in [4.78, 5) is 24.0. The monoisotopic (exact) mass is 237 g/mol. The van der Waals surface area contributed by atoms with Crippen molar-refractivity contribution < 1.29 is 14.0 Å². The predicted octanol–water partition coefficient (Wildman–Crippen LogP) is 0.789. The van der Waals surface area contributed by atoms with Gasteiger partial charge in [-0.2, -0.15) is 0 Å². The van der Waals surface area contributed by atoms with Crippen LogP contribution in [-0.4, -0.2) is 36.5 Å². The number of rotatable bonds is 3. The molecule has 0 spiro atoms. The largest absolute Gasteiger partial charge is 0.376 e. The third-order valence-corrected chi connectivity index (χ3v) is 2.45. The zero-order valence-corrected chi connectivity index (χ0v) is 9.07. The first-order valence-corrected chi connectivity index (χ1v) is 5.24. The second kappa shape index (κ2) is 4.82. The van der Waals surface area contributed by atoms with Crippen molar-refractivity contribution in [2.24, 2.45) is 0 Å². The molecule has 1 saturated heterocycles. The van der Waals surface area contributed by atoms with Crippen molar-refractivity contribution in [2.45, 2.75) is 0 Å². The molecule has 0 saturated carbocycles. The lowest BCUT2D eigenvalue weighted by Gasteiger charge is -2.13. The van der Waals surface area contributed by atoms with Crippen LogP contribution < -0.4 is 10.6 Å². The highest BCUT2D eigenvalue weighted by molar-refractivity contribution is 5.97. The fourth-order valence-corrected chi connectivity index (χ4v) is 1.55. The van der Waals surface area contributed by atoms with Gasteiger partial charge >= 0.3 is 6.03 Å². The smallest absolute Gasteiger partial charge is 0.324 e. The summed E-state index contributed by atoms with van der Waals surface area (Å²) in [7, 11) is 0. The second-order valence-electron chi connectivity index (χ2n) is 3.64. The van der Waals surface area contributed by atoms with E-state index in [0.29, 0.717) is 18.8 Å². The molecule has 1 aromatic carbocycles. The van der Waals surface area contributed by atoms with Crippen LogP contribution in [0, 0.1) is 5.82 Å². The molecule has 2 rings (SSSR count). The minimum Gasteiger partial charge on any atom is -0.376 e. The van der Waals surface area contributed by atoms with E-state index in [4.69, 9.17) is 0 Å². The van der Waals surface area contributed by atoms with E-state index in [1.807, 2.05) is 0 Å². The normalized spacial score (nSPS) is 14.6. The number of halogens is 1. The molecule has 90 valence electrons. The van der Waals surface area contributed by atoms with Gasteiger partial charge in [-0.1, -0.05) is 0 Å². The topological polar surface area (TPSA) is 61.4 Å². The van der Waals surface area contributed by atoms with Gasteiger partial charge in [0, 0.05) is 18.8 Å². The lowest BCUT2D eigenvalue weighted by Crippen LogP contribution is -2.37. The summed E-state index contributed by atoms with van der Waals surface area (Å²) >= 11 is 0. The van der Waals surface area contributed by atoms with E-state index in [9.17, 15) is 14.0 Å². The van der Waals surface area contributed by atoms with Crippen molar-refractivity contribution in [2.75, 3.05) is 25.0 Å². The lowest BCUT2D eigenvalue weighted by molar-refractivity contribution is -0.125. The Bertz CT molecular complexity index is 433. The number of hydrogen-bond donors (Lipinski definition) is 2. The Morgan fingerprint density at radius 3 is 2.71 bits per heavy atom. The number of nitrogens with one attached hydrogen (secondary N) is 2. The number of carbonyl (C=O) groups excluding carboxylic acids is 2. The number of nitrogens with zero attached hydrogens (tertiary/aromatic N) is 1. The molecule has 1 aliphatic heterocycles. The number of anilines is 1. The second-order valence-corrected chi connectivity index (χ2v) is 3.64. The molecule has 0 aromatic heterocycles. The average molecular weight is 237 g/mol. The minimum atomic E-state index is -0.365. The van der Waals surface area contributed by atoms with E-state index in [2.05, 4.69) is 10.6 Å². The van der Waals surface area contributed by atoms with Crippen LogP contribution in [0.15, 0.2) is 24.3 Å². The maximum Gasteiger partial charge on any atom is 0.324 e. The molecule has 0 atom stereocenters. The van der Waals surface area contributed by atoms with Crippen LogP contribution >= 0.6 is 0 Å². The number of imide groups is 1. The first kappa shape index (κ1) is 11.4. The van der Waals surface area contributed by atoms with E-state index < -0.39 is 0 Å². The first-order valence-electron chi connectivity index (χ1n) is 5.24. The van der Waals surface area contributed by atoms with Crippen molar-refractivity contribution in [3.63, 3.8) is 0 Å². The third kappa shape index (κ3) is 2.72. The van der Waals surface area contributed by atoms with Gasteiger partial charge in [-0.05, 0) is 24.3 Å². The zero-order valence-electron chi connectivity index (χ0n) is 9.07. The van der Waals surface area contributed by atoms with Gasteiger partial charge in [-0.15, -0.1) is 0 Å². The molecule has 0 unspecified atom stereocenters. The number of carbonyl (C=O) groups is 2. The number of hydrogen-bond acceptors (Lipinski definition) is 3. The van der Waals surface area contributed by atoms with Gasteiger partial charge in [0.25, 0.3) is 0 Å². The molecule has 2 N–H and O–H groups in total. The Labute approximate surface area is 97.6 Å². The fourth-order valence-electron chi connectivity index (χ4n) is 1.55. The summed E-state index contributed by atoms with van der Waals surface area (Å²) in [5, 5.41) is 5.38. The van der Waals surface area contributed by atoms with Crippen molar-refractivity contribution in [3.8, 4) is 0 Å². The van der Waals surface area contributed by atoms with Gasteiger partial charge in [0.05, 0.1) is 6.54 Å². The summed E-state index contributed by atoms with van der Waals surface area (Å²) < 4.78 is 12.6. The van der Waals surface area contributed by atoms with Gasteiger partial charge in [-0.25, -0.2) is 9.18 Å². The molecule has 1 fully saturated rings. The molecule has 0 bridgehead atoms. The molecule has 3 amide bonds. The summed E-state index contributed by atoms with van der Waals surface area (Å²) in [6.45, 7) is 0.892. The van der Waals surface area contributed by atoms with Crippen molar-refractivity contribution in [1.82, 2.24) is 10.2 Å². The molecule has 6 heteroatoms. The maximum absolute atomic E-state index is 12.6. The van der Waals surface area contributed by atoms with E-state index in [1.165, 1.54) is 24.3 Å². The minimum absolute atomic E-state index is 0.0129. The average Bonchev–Trinajstić information content (AvgIpc) is 2.74. The van der Waals surface area contributed by atoms with Gasteiger partial charge < -0.3 is 10.6 Å². The van der Waals surface area contributed by atoms with Crippen molar-refractivity contribution in [1.29, 1.82) is 0 Å². The van der Waals surface area contributed by atoms with Crippen LogP contribution in [0.2, 0.25) is 0 Å². The highest BCUT2D eigenvalue weighted by atomic mass is 19.1. The van der Waals surface area contributed by atoms with Gasteiger partial charge in [0.1, 0.15) is 5.82 Å². The molecule has 0 radical (unpaired) electrons. The Morgan fingerprint density at radius 2 is 2.12 bits per heavy atom. The number of amides is 3. The zero-order chi connectivity index (χ0) is 12.3. The molecular weight excluding hydrogens is 225 g/mol. The quantitative estimate of drug-likeness (QED) is 0.817. The Kier molecular flexibility index (Phi) is 3.22. The van der Waals surface area contributed by atoms with E-state index >= 15 is 0 Å². The fraction of sp³-hybridized carbons (Fsp3) is 0.273. The summed E-state index contributed by atoms with van der Waals surface area (Å²) in [5.41, 5.74) is 0.638. The van der Waals surface area contributed by atoms with Crippen LogP contribution in [0.1, 0.15) is 0 Å². The van der Waals surface area contributed by atoms with Crippen LogP contribution in [-0.2, 0) is 4.79 Å². The van der Waals surface area contributed by atoms with Crippen LogP contribution in [0.25, 0.3) is 0 Å². The van der Waals surface area contributed by atoms with Gasteiger partial charge in [0.15, 0.2) is 0 Å². The number of benzene rings is 1. The summed E-state index contributed by atoms with van der Waals surface area (Å²) in [6.07, 6.45) is 0. The Hall–Kier alpha value is -2.11. The molecule has 0 aliphatic carbocycles. The molecule has 5 nitrogen and oxygen atoms in total. The summed E-state index contributed by atoms with van der Waals surface area (Å²) in [6, 6.07) is 5.31. The maximum atomic E-state index is 12.6. The van der Waals surface area contributed by atoms with Gasteiger partial charge in [-0.3, -0.25) is 9.69 Å². The van der Waals surface area contributed by atoms with E-state index in [0.717, 1.165) is 4.90 Å². The highest BCUT2D eigenvalue weighted by Gasteiger charge is 2.25. The highest BCUT2D eigenvalue weighted by Crippen LogP contribution is 2.08. The first-order chi connectivity index (χ1) is 8.16. The number of urea groups is 1. The third-order valence-electron chi connectivity index (χ3n) is 2.45. The van der Waals surface area contributed by atoms with Gasteiger partial charge in [0.2, 0.25) is 5.91 Å². The molecule has 1 aliphatic rings.